The van der Waals surface area contributed by atoms with Crippen LogP contribution in [0.4, 0.5) is 0 Å². The molecule has 3 heteroatoms. The zero-order chi connectivity index (χ0) is 6.32. The maximum absolute atomic E-state index is 4.20. The minimum atomic E-state index is 0.556. The third-order valence-corrected chi connectivity index (χ3v) is 1.62. The largest absolute Gasteiger partial charge is 0.310 e. The van der Waals surface area contributed by atoms with E-state index < -0.39 is 0 Å². The van der Waals surface area contributed by atoms with Crippen LogP contribution in [0.1, 0.15) is 0 Å². The van der Waals surface area contributed by atoms with Crippen LogP contribution in [-0.4, -0.2) is 17.9 Å². The minimum absolute atomic E-state index is 0.556. The molecule has 3 nitrogen and oxygen atoms in total. The predicted octanol–water partition coefficient (Wildman–Crippen LogP) is 0.348. The van der Waals surface area contributed by atoms with Crippen LogP contribution < -0.4 is 5.32 Å². The van der Waals surface area contributed by atoms with Crippen molar-refractivity contribution in [3.63, 3.8) is 0 Å². The molecule has 1 N–H and O–H groups in total. The molecule has 46 valence electrons. The summed E-state index contributed by atoms with van der Waals surface area (Å²) in [6.07, 6.45) is 7.68. The van der Waals surface area contributed by atoms with E-state index in [2.05, 4.69) is 10.4 Å². The average molecular weight is 122 g/mol. The summed E-state index contributed by atoms with van der Waals surface area (Å²) in [5, 5.41) is 7.29. The molecule has 0 aliphatic carbocycles. The highest BCUT2D eigenvalue weighted by Gasteiger charge is 2.31. The molecule has 1 unspecified atom stereocenters. The van der Waals surface area contributed by atoms with Gasteiger partial charge in [0.25, 0.3) is 0 Å². The SMILES string of the molecule is C[N+]12C=CNC1=CC=N2. The van der Waals surface area contributed by atoms with E-state index in [1.807, 2.05) is 31.7 Å². The van der Waals surface area contributed by atoms with Crippen molar-refractivity contribution >= 4 is 6.21 Å². The fourth-order valence-electron chi connectivity index (χ4n) is 1.02. The molecule has 0 aromatic rings. The quantitative estimate of drug-likeness (QED) is 0.460. The van der Waals surface area contributed by atoms with Crippen molar-refractivity contribution in [3.8, 4) is 0 Å². The molecular weight excluding hydrogens is 114 g/mol. The number of quaternary nitrogens is 1. The summed E-state index contributed by atoms with van der Waals surface area (Å²) in [5.41, 5.74) is 0. The Morgan fingerprint density at radius 2 is 2.56 bits per heavy atom. The van der Waals surface area contributed by atoms with Gasteiger partial charge < -0.3 is 5.32 Å². The molecule has 2 heterocycles. The summed E-state index contributed by atoms with van der Waals surface area (Å²) in [7, 11) is 2.02. The van der Waals surface area contributed by atoms with Gasteiger partial charge in [-0.05, 0) is 0 Å². The monoisotopic (exact) mass is 122 g/mol. The van der Waals surface area contributed by atoms with Crippen molar-refractivity contribution in [2.24, 2.45) is 5.10 Å². The van der Waals surface area contributed by atoms with Gasteiger partial charge in [0, 0.05) is 6.08 Å². The lowest BCUT2D eigenvalue weighted by Gasteiger charge is -2.14. The van der Waals surface area contributed by atoms with Gasteiger partial charge in [-0.3, -0.25) is 0 Å². The topological polar surface area (TPSA) is 24.4 Å². The highest BCUT2D eigenvalue weighted by molar-refractivity contribution is 5.72. The lowest BCUT2D eigenvalue weighted by molar-refractivity contribution is -0.821. The number of hydrogen-bond acceptors (Lipinski definition) is 2. The average Bonchev–Trinajstić information content (AvgIpc) is 2.22. The molecule has 0 bridgehead atoms. The Morgan fingerprint density at radius 1 is 1.67 bits per heavy atom. The Kier molecular flexibility index (Phi) is 0.659. The zero-order valence-electron chi connectivity index (χ0n) is 5.20. The molecule has 9 heavy (non-hydrogen) atoms. The molecule has 2 rings (SSSR count). The standard InChI is InChI=1S/C6H8N3/c1-9-5-4-7-6(9)2-3-8-9/h2-5,7H,1H3/q+1. The lowest BCUT2D eigenvalue weighted by atomic mass is 10.6. The minimum Gasteiger partial charge on any atom is -0.310 e. The second kappa shape index (κ2) is 1.25. The molecule has 0 aromatic carbocycles. The van der Waals surface area contributed by atoms with E-state index in [9.17, 15) is 0 Å². The summed E-state index contributed by atoms with van der Waals surface area (Å²) in [6, 6.07) is 0. The fourth-order valence-corrected chi connectivity index (χ4v) is 1.02. The van der Waals surface area contributed by atoms with Crippen LogP contribution in [0.15, 0.2) is 29.4 Å². The Bertz CT molecular complexity index is 226. The highest BCUT2D eigenvalue weighted by atomic mass is 15.7. The molecule has 0 saturated heterocycles. The third kappa shape index (κ3) is 0.466. The van der Waals surface area contributed by atoms with E-state index in [1.54, 1.807) is 0 Å². The van der Waals surface area contributed by atoms with Crippen molar-refractivity contribution < 1.29 is 4.59 Å². The molecule has 2 aliphatic heterocycles. The molecule has 0 spiro atoms. The first kappa shape index (κ1) is 4.76. The summed E-state index contributed by atoms with van der Waals surface area (Å²) in [5.74, 6) is 1.12. The third-order valence-electron chi connectivity index (χ3n) is 1.62. The molecule has 0 fully saturated rings. The summed E-state index contributed by atoms with van der Waals surface area (Å²) >= 11 is 0. The van der Waals surface area contributed by atoms with Crippen molar-refractivity contribution in [2.75, 3.05) is 7.05 Å². The van der Waals surface area contributed by atoms with Crippen molar-refractivity contribution in [3.05, 3.63) is 24.3 Å². The number of nitrogens with zero attached hydrogens (tertiary/aromatic N) is 2. The van der Waals surface area contributed by atoms with Crippen LogP contribution in [0.25, 0.3) is 0 Å². The van der Waals surface area contributed by atoms with E-state index in [0.29, 0.717) is 4.59 Å². The first-order valence-electron chi connectivity index (χ1n) is 2.88. The van der Waals surface area contributed by atoms with Gasteiger partial charge in [-0.2, -0.15) is 0 Å². The second-order valence-electron chi connectivity index (χ2n) is 2.30. The maximum Gasteiger partial charge on any atom is 0.238 e. The number of rotatable bonds is 0. The Labute approximate surface area is 53.6 Å². The van der Waals surface area contributed by atoms with E-state index in [1.165, 1.54) is 0 Å². The fraction of sp³-hybridized carbons (Fsp3) is 0.167. The van der Waals surface area contributed by atoms with Crippen molar-refractivity contribution in [1.29, 1.82) is 0 Å². The van der Waals surface area contributed by atoms with Gasteiger partial charge in [0.05, 0.1) is 12.4 Å². The van der Waals surface area contributed by atoms with Crippen LogP contribution >= 0.6 is 0 Å². The first-order valence-corrected chi connectivity index (χ1v) is 2.88. The second-order valence-corrected chi connectivity index (χ2v) is 2.30. The van der Waals surface area contributed by atoms with E-state index in [0.717, 1.165) is 5.82 Å². The Morgan fingerprint density at radius 3 is 3.33 bits per heavy atom. The molecular formula is C6H8N3+. The summed E-state index contributed by atoms with van der Waals surface area (Å²) in [4.78, 5) is 0. The summed E-state index contributed by atoms with van der Waals surface area (Å²) < 4.78 is 0.556. The normalized spacial score (nSPS) is 36.3. The van der Waals surface area contributed by atoms with Crippen molar-refractivity contribution in [2.45, 2.75) is 0 Å². The highest BCUT2D eigenvalue weighted by Crippen LogP contribution is 2.21. The Hall–Kier alpha value is -1.09. The molecule has 0 radical (unpaired) electrons. The zero-order valence-corrected chi connectivity index (χ0v) is 5.20. The van der Waals surface area contributed by atoms with Crippen LogP contribution in [0.3, 0.4) is 0 Å². The van der Waals surface area contributed by atoms with Crippen LogP contribution in [0, 0.1) is 0 Å². The van der Waals surface area contributed by atoms with Gasteiger partial charge in [-0.25, -0.2) is 0 Å². The molecule has 0 saturated carbocycles. The van der Waals surface area contributed by atoms with Gasteiger partial charge in [0.15, 0.2) is 0 Å². The molecule has 0 aromatic heterocycles. The Balaban J connectivity index is 2.50. The van der Waals surface area contributed by atoms with E-state index in [-0.39, 0.29) is 0 Å². The van der Waals surface area contributed by atoms with E-state index >= 15 is 0 Å². The van der Waals surface area contributed by atoms with E-state index in [4.69, 9.17) is 0 Å². The lowest BCUT2D eigenvalue weighted by Crippen LogP contribution is -2.28. The van der Waals surface area contributed by atoms with Crippen LogP contribution in [0.2, 0.25) is 0 Å². The number of allylic oxidation sites excluding steroid dienone is 1. The molecule has 1 atom stereocenters. The first-order chi connectivity index (χ1) is 4.31. The molecule has 2 aliphatic rings. The predicted molar refractivity (Wildman–Crippen MR) is 35.0 cm³/mol. The maximum atomic E-state index is 4.20. The van der Waals surface area contributed by atoms with Gasteiger partial charge in [0.1, 0.15) is 13.2 Å². The molecule has 0 amide bonds. The smallest absolute Gasteiger partial charge is 0.238 e. The summed E-state index contributed by atoms with van der Waals surface area (Å²) in [6.45, 7) is 0. The van der Waals surface area contributed by atoms with Crippen LogP contribution in [0.5, 0.6) is 0 Å². The number of hydrogen-bond donors (Lipinski definition) is 1. The number of nitrogens with one attached hydrogen (secondary N) is 1. The van der Waals surface area contributed by atoms with Gasteiger partial charge in [-0.15, -0.1) is 4.59 Å². The van der Waals surface area contributed by atoms with Gasteiger partial charge >= 0.3 is 0 Å². The van der Waals surface area contributed by atoms with Gasteiger partial charge in [0.2, 0.25) is 5.82 Å². The number of fused-ring (bicyclic) bond motifs is 1. The van der Waals surface area contributed by atoms with Crippen LogP contribution in [-0.2, 0) is 0 Å². The van der Waals surface area contributed by atoms with Gasteiger partial charge in [-0.1, -0.05) is 5.10 Å². The van der Waals surface area contributed by atoms with Crippen molar-refractivity contribution in [1.82, 2.24) is 5.32 Å².